The van der Waals surface area contributed by atoms with Crippen molar-refractivity contribution in [2.24, 2.45) is 0 Å². The average molecular weight is 544 g/mol. The molecule has 0 atom stereocenters. The minimum atomic E-state index is -0.273. The highest BCUT2D eigenvalue weighted by molar-refractivity contribution is 8.01. The van der Waals surface area contributed by atoms with Crippen LogP contribution in [0.5, 0.6) is 17.2 Å². The van der Waals surface area contributed by atoms with Crippen LogP contribution < -0.4 is 24.8 Å². The second-order valence-corrected chi connectivity index (χ2v) is 10.0. The summed E-state index contributed by atoms with van der Waals surface area (Å²) in [7, 11) is 4.59. The van der Waals surface area contributed by atoms with Crippen LogP contribution in [0.1, 0.15) is 10.4 Å². The molecule has 4 rings (SSSR count). The van der Waals surface area contributed by atoms with Gasteiger partial charge in [0.2, 0.25) is 5.91 Å². The number of amides is 2. The first-order valence-corrected chi connectivity index (χ1v) is 12.8. The number of fused-ring (bicyclic) bond motifs is 1. The Balaban J connectivity index is 1.38. The average Bonchev–Trinajstić information content (AvgIpc) is 3.29. The van der Waals surface area contributed by atoms with Crippen molar-refractivity contribution in [2.75, 3.05) is 37.7 Å². The maximum Gasteiger partial charge on any atom is 0.255 e. The first kappa shape index (κ1) is 25.6. The van der Waals surface area contributed by atoms with Gasteiger partial charge in [-0.05, 0) is 54.6 Å². The largest absolute Gasteiger partial charge is 0.495 e. The van der Waals surface area contributed by atoms with Gasteiger partial charge in [-0.2, -0.15) is 0 Å². The lowest BCUT2D eigenvalue weighted by Gasteiger charge is -2.10. The molecule has 2 N–H and O–H groups in total. The number of hydrogen-bond donors (Lipinski definition) is 2. The Morgan fingerprint density at radius 2 is 1.58 bits per heavy atom. The fourth-order valence-corrected chi connectivity index (χ4v) is 5.46. The lowest BCUT2D eigenvalue weighted by molar-refractivity contribution is -0.113. The second-order valence-electron chi connectivity index (χ2n) is 7.37. The van der Waals surface area contributed by atoms with Gasteiger partial charge in [0.15, 0.2) is 15.8 Å². The number of rotatable bonds is 9. The molecule has 0 unspecified atom stereocenters. The summed E-state index contributed by atoms with van der Waals surface area (Å²) in [4.78, 5) is 29.7. The van der Waals surface area contributed by atoms with Crippen LogP contribution in [-0.4, -0.2) is 43.9 Å². The quantitative estimate of drug-likeness (QED) is 0.251. The van der Waals surface area contributed by atoms with Crippen LogP contribution >= 0.6 is 34.7 Å². The summed E-state index contributed by atoms with van der Waals surface area (Å²) in [6.07, 6.45) is 0. The molecule has 11 heteroatoms. The molecule has 3 aromatic carbocycles. The van der Waals surface area contributed by atoms with Crippen LogP contribution in [0.3, 0.4) is 0 Å². The van der Waals surface area contributed by atoms with Crippen LogP contribution in [0.2, 0.25) is 5.02 Å². The van der Waals surface area contributed by atoms with Gasteiger partial charge in [0.25, 0.3) is 5.91 Å². The standard InChI is InChI=1S/C25H22ClN3O5S2/c1-32-19-9-6-15(11-17(19)26)27-23(30)13-35-25-29-18-7-5-16(12-22(18)36-25)28-24(31)14-4-8-20(33-2)21(10-14)34-3/h4-12H,13H2,1-3H3,(H,27,30)(H,28,31). The maximum absolute atomic E-state index is 12.7. The molecule has 0 fully saturated rings. The van der Waals surface area contributed by atoms with E-state index < -0.39 is 0 Å². The lowest BCUT2D eigenvalue weighted by atomic mass is 10.2. The van der Waals surface area contributed by atoms with Crippen LogP contribution in [0, 0.1) is 0 Å². The Morgan fingerprint density at radius 1 is 0.889 bits per heavy atom. The predicted octanol–water partition coefficient (Wildman–Crippen LogP) is 5.96. The van der Waals surface area contributed by atoms with Gasteiger partial charge >= 0.3 is 0 Å². The van der Waals surface area contributed by atoms with Crippen LogP contribution in [0.15, 0.2) is 58.9 Å². The molecule has 1 heterocycles. The highest BCUT2D eigenvalue weighted by Crippen LogP contribution is 2.32. The SMILES string of the molecule is COc1ccc(NC(=O)CSc2nc3ccc(NC(=O)c4ccc(OC)c(OC)c4)cc3s2)cc1Cl. The van der Waals surface area contributed by atoms with Crippen molar-refractivity contribution in [3.05, 3.63) is 65.2 Å². The first-order chi connectivity index (χ1) is 17.4. The first-order valence-electron chi connectivity index (χ1n) is 10.6. The van der Waals surface area contributed by atoms with E-state index in [9.17, 15) is 9.59 Å². The number of hydrogen-bond acceptors (Lipinski definition) is 8. The Bertz CT molecular complexity index is 1430. The number of carbonyl (C=O) groups is 2. The number of thioether (sulfide) groups is 1. The molecule has 0 bridgehead atoms. The molecule has 2 amide bonds. The zero-order valence-electron chi connectivity index (χ0n) is 19.6. The van der Waals surface area contributed by atoms with E-state index in [0.717, 1.165) is 14.6 Å². The van der Waals surface area contributed by atoms with Gasteiger partial charge in [-0.25, -0.2) is 4.98 Å². The highest BCUT2D eigenvalue weighted by atomic mass is 35.5. The number of anilines is 2. The van der Waals surface area contributed by atoms with Crippen LogP contribution in [-0.2, 0) is 4.79 Å². The van der Waals surface area contributed by atoms with Crippen LogP contribution in [0.4, 0.5) is 11.4 Å². The fourth-order valence-electron chi connectivity index (χ4n) is 3.29. The lowest BCUT2D eigenvalue weighted by Crippen LogP contribution is -2.13. The molecule has 1 aromatic heterocycles. The van der Waals surface area contributed by atoms with Gasteiger partial charge in [-0.3, -0.25) is 9.59 Å². The number of ether oxygens (including phenoxy) is 3. The number of aromatic nitrogens is 1. The summed E-state index contributed by atoms with van der Waals surface area (Å²) >= 11 is 8.89. The number of nitrogens with zero attached hydrogens (tertiary/aromatic N) is 1. The monoisotopic (exact) mass is 543 g/mol. The molecule has 36 heavy (non-hydrogen) atoms. The molecule has 8 nitrogen and oxygen atoms in total. The number of benzene rings is 3. The minimum absolute atomic E-state index is 0.177. The molecule has 0 spiro atoms. The fraction of sp³-hybridized carbons (Fsp3) is 0.160. The number of methoxy groups -OCH3 is 3. The summed E-state index contributed by atoms with van der Waals surface area (Å²) in [6.45, 7) is 0. The van der Waals surface area contributed by atoms with Crippen molar-refractivity contribution < 1.29 is 23.8 Å². The molecule has 0 aliphatic rings. The highest BCUT2D eigenvalue weighted by Gasteiger charge is 2.13. The zero-order valence-corrected chi connectivity index (χ0v) is 22.0. The second kappa shape index (κ2) is 11.5. The Hall–Kier alpha value is -3.47. The van der Waals surface area contributed by atoms with Crippen molar-refractivity contribution in [1.29, 1.82) is 0 Å². The van der Waals surface area contributed by atoms with Gasteiger partial charge in [-0.1, -0.05) is 23.4 Å². The summed E-state index contributed by atoms with van der Waals surface area (Å²) in [5, 5.41) is 6.12. The van der Waals surface area contributed by atoms with E-state index in [1.165, 1.54) is 44.4 Å². The van der Waals surface area contributed by atoms with E-state index in [1.54, 1.807) is 42.5 Å². The van der Waals surface area contributed by atoms with E-state index in [1.807, 2.05) is 12.1 Å². The number of nitrogens with one attached hydrogen (secondary N) is 2. The molecular formula is C25H22ClN3O5S2. The third-order valence-corrected chi connectivity index (χ3v) is 7.49. The Labute approximate surface area is 220 Å². The minimum Gasteiger partial charge on any atom is -0.495 e. The number of carbonyl (C=O) groups excluding carboxylic acids is 2. The molecule has 0 saturated carbocycles. The third kappa shape index (κ3) is 6.01. The molecule has 4 aromatic rings. The van der Waals surface area contributed by atoms with E-state index >= 15 is 0 Å². The molecule has 0 radical (unpaired) electrons. The Morgan fingerprint density at radius 3 is 2.31 bits per heavy atom. The van der Waals surface area contributed by atoms with Crippen molar-refractivity contribution in [3.63, 3.8) is 0 Å². The van der Waals surface area contributed by atoms with Crippen molar-refractivity contribution in [2.45, 2.75) is 4.34 Å². The summed E-state index contributed by atoms with van der Waals surface area (Å²) in [5.74, 6) is 1.30. The topological polar surface area (TPSA) is 98.8 Å². The third-order valence-electron chi connectivity index (χ3n) is 5.03. The molecule has 0 aliphatic carbocycles. The van der Waals surface area contributed by atoms with Crippen molar-refractivity contribution >= 4 is 68.1 Å². The van der Waals surface area contributed by atoms with E-state index in [2.05, 4.69) is 15.6 Å². The van der Waals surface area contributed by atoms with Gasteiger partial charge in [0, 0.05) is 16.9 Å². The summed E-state index contributed by atoms with van der Waals surface area (Å²) < 4.78 is 17.3. The van der Waals surface area contributed by atoms with Gasteiger partial charge in [0.1, 0.15) is 5.75 Å². The normalized spacial score (nSPS) is 10.7. The molecule has 0 aliphatic heterocycles. The van der Waals surface area contributed by atoms with E-state index in [4.69, 9.17) is 25.8 Å². The van der Waals surface area contributed by atoms with Crippen molar-refractivity contribution in [3.8, 4) is 17.2 Å². The van der Waals surface area contributed by atoms with Crippen LogP contribution in [0.25, 0.3) is 10.2 Å². The maximum atomic E-state index is 12.7. The van der Waals surface area contributed by atoms with Gasteiger partial charge < -0.3 is 24.8 Å². The smallest absolute Gasteiger partial charge is 0.255 e. The van der Waals surface area contributed by atoms with Gasteiger partial charge in [0.05, 0.1) is 42.3 Å². The Kier molecular flexibility index (Phi) is 8.19. The molecule has 0 saturated heterocycles. The summed E-state index contributed by atoms with van der Waals surface area (Å²) in [6, 6.07) is 15.5. The predicted molar refractivity (Wildman–Crippen MR) is 144 cm³/mol. The number of halogens is 1. The van der Waals surface area contributed by atoms with Gasteiger partial charge in [-0.15, -0.1) is 11.3 Å². The summed E-state index contributed by atoms with van der Waals surface area (Å²) in [5.41, 5.74) is 2.45. The van der Waals surface area contributed by atoms with E-state index in [0.29, 0.717) is 39.2 Å². The number of thiazole rings is 1. The molecule has 186 valence electrons. The zero-order chi connectivity index (χ0) is 25.7. The van der Waals surface area contributed by atoms with E-state index in [-0.39, 0.29) is 17.6 Å². The van der Waals surface area contributed by atoms with Crippen molar-refractivity contribution in [1.82, 2.24) is 4.98 Å². The molecular weight excluding hydrogens is 522 g/mol.